The van der Waals surface area contributed by atoms with E-state index in [9.17, 15) is 4.79 Å². The molecule has 1 rings (SSSR count). The van der Waals surface area contributed by atoms with E-state index in [2.05, 4.69) is 13.5 Å². The smallest absolute Gasteiger partial charge is 0.161 e. The first-order valence-electron chi connectivity index (χ1n) is 4.47. The van der Waals surface area contributed by atoms with E-state index < -0.39 is 0 Å². The fraction of sp³-hybridized carbons (Fsp3) is 0.364. The zero-order valence-electron chi connectivity index (χ0n) is 8.21. The summed E-state index contributed by atoms with van der Waals surface area (Å²) in [6.45, 7) is 8.38. The minimum atomic E-state index is 0.112. The molecule has 0 radical (unpaired) electrons. The highest BCUT2D eigenvalue weighted by molar-refractivity contribution is 5.93. The molecule has 0 bridgehead atoms. The molecule has 0 saturated heterocycles. The summed E-state index contributed by atoms with van der Waals surface area (Å²) in [4.78, 5) is 11.0. The first-order chi connectivity index (χ1) is 6.13. The van der Waals surface area contributed by atoms with Crippen molar-refractivity contribution < 1.29 is 4.79 Å². The van der Waals surface area contributed by atoms with Gasteiger partial charge in [-0.2, -0.15) is 0 Å². The van der Waals surface area contributed by atoms with Gasteiger partial charge < -0.3 is 4.57 Å². The SMILES string of the molecule is C=C(CC)Cn1ccc(C(C)=O)c1. The van der Waals surface area contributed by atoms with E-state index in [-0.39, 0.29) is 5.78 Å². The van der Waals surface area contributed by atoms with Gasteiger partial charge in [-0.05, 0) is 19.4 Å². The van der Waals surface area contributed by atoms with Gasteiger partial charge in [0.05, 0.1) is 0 Å². The molecule has 0 aliphatic rings. The predicted octanol–water partition coefficient (Wildman–Crippen LogP) is 2.66. The topological polar surface area (TPSA) is 22.0 Å². The Hall–Kier alpha value is -1.31. The van der Waals surface area contributed by atoms with E-state index in [0.717, 1.165) is 18.5 Å². The molecule has 0 N–H and O–H groups in total. The fourth-order valence-corrected chi connectivity index (χ4v) is 1.12. The number of hydrogen-bond donors (Lipinski definition) is 0. The van der Waals surface area contributed by atoms with Crippen molar-refractivity contribution in [3.63, 3.8) is 0 Å². The zero-order chi connectivity index (χ0) is 9.84. The highest BCUT2D eigenvalue weighted by Gasteiger charge is 2.01. The summed E-state index contributed by atoms with van der Waals surface area (Å²) in [7, 11) is 0. The normalized spacial score (nSPS) is 10.0. The summed E-state index contributed by atoms with van der Waals surface area (Å²) in [5.74, 6) is 0.112. The van der Waals surface area contributed by atoms with Gasteiger partial charge in [-0.1, -0.05) is 19.1 Å². The Morgan fingerprint density at radius 1 is 1.62 bits per heavy atom. The van der Waals surface area contributed by atoms with Crippen molar-refractivity contribution in [3.8, 4) is 0 Å². The summed E-state index contributed by atoms with van der Waals surface area (Å²) in [6.07, 6.45) is 4.76. The van der Waals surface area contributed by atoms with E-state index in [1.807, 2.05) is 23.0 Å². The summed E-state index contributed by atoms with van der Waals surface area (Å²) in [5, 5.41) is 0. The number of Topliss-reactive ketones (excluding diaryl/α,β-unsaturated/α-hetero) is 1. The maximum absolute atomic E-state index is 11.0. The molecule has 1 heterocycles. The van der Waals surface area contributed by atoms with Gasteiger partial charge in [0.25, 0.3) is 0 Å². The predicted molar refractivity (Wildman–Crippen MR) is 53.9 cm³/mol. The maximum Gasteiger partial charge on any atom is 0.161 e. The van der Waals surface area contributed by atoms with Gasteiger partial charge in [0.15, 0.2) is 5.78 Å². The molecular weight excluding hydrogens is 162 g/mol. The summed E-state index contributed by atoms with van der Waals surface area (Å²) in [5.41, 5.74) is 1.94. The molecule has 0 unspecified atom stereocenters. The average Bonchev–Trinajstić information content (AvgIpc) is 2.52. The van der Waals surface area contributed by atoms with Crippen LogP contribution >= 0.6 is 0 Å². The molecule has 0 aromatic carbocycles. The Morgan fingerprint density at radius 2 is 2.31 bits per heavy atom. The number of ketones is 1. The minimum absolute atomic E-state index is 0.112. The highest BCUT2D eigenvalue weighted by atomic mass is 16.1. The number of hydrogen-bond acceptors (Lipinski definition) is 1. The second kappa shape index (κ2) is 4.08. The average molecular weight is 177 g/mol. The van der Waals surface area contributed by atoms with Crippen LogP contribution in [0.4, 0.5) is 0 Å². The number of carbonyl (C=O) groups is 1. The van der Waals surface area contributed by atoms with Crippen LogP contribution in [0.3, 0.4) is 0 Å². The van der Waals surface area contributed by atoms with Crippen molar-refractivity contribution in [3.05, 3.63) is 36.2 Å². The lowest BCUT2D eigenvalue weighted by atomic mass is 10.2. The molecular formula is C11H15NO. The van der Waals surface area contributed by atoms with E-state index in [1.54, 1.807) is 6.92 Å². The van der Waals surface area contributed by atoms with Crippen molar-refractivity contribution in [2.24, 2.45) is 0 Å². The van der Waals surface area contributed by atoms with Crippen molar-refractivity contribution in [1.82, 2.24) is 4.57 Å². The molecule has 0 saturated carbocycles. The Bertz CT molecular complexity index is 323. The summed E-state index contributed by atoms with van der Waals surface area (Å²) >= 11 is 0. The fourth-order valence-electron chi connectivity index (χ4n) is 1.12. The Labute approximate surface area is 78.9 Å². The van der Waals surface area contributed by atoms with Crippen LogP contribution in [0.25, 0.3) is 0 Å². The third kappa shape index (κ3) is 2.58. The van der Waals surface area contributed by atoms with Crippen LogP contribution in [-0.4, -0.2) is 10.4 Å². The molecule has 0 aliphatic carbocycles. The van der Waals surface area contributed by atoms with E-state index in [0.29, 0.717) is 0 Å². The van der Waals surface area contributed by atoms with E-state index >= 15 is 0 Å². The van der Waals surface area contributed by atoms with Gasteiger partial charge in [0.1, 0.15) is 0 Å². The lowest BCUT2D eigenvalue weighted by Gasteiger charge is -2.02. The number of rotatable bonds is 4. The molecule has 1 aromatic rings. The first-order valence-corrected chi connectivity index (χ1v) is 4.47. The van der Waals surface area contributed by atoms with Crippen LogP contribution in [0.5, 0.6) is 0 Å². The van der Waals surface area contributed by atoms with Gasteiger partial charge in [-0.25, -0.2) is 0 Å². The lowest BCUT2D eigenvalue weighted by molar-refractivity contribution is 0.101. The summed E-state index contributed by atoms with van der Waals surface area (Å²) in [6, 6.07) is 1.84. The number of carbonyl (C=O) groups excluding carboxylic acids is 1. The molecule has 0 atom stereocenters. The van der Waals surface area contributed by atoms with Crippen molar-refractivity contribution in [2.45, 2.75) is 26.8 Å². The third-order valence-corrected chi connectivity index (χ3v) is 2.06. The van der Waals surface area contributed by atoms with Gasteiger partial charge in [0.2, 0.25) is 0 Å². The van der Waals surface area contributed by atoms with Crippen molar-refractivity contribution in [2.75, 3.05) is 0 Å². The second-order valence-corrected chi connectivity index (χ2v) is 3.23. The molecule has 70 valence electrons. The molecule has 13 heavy (non-hydrogen) atoms. The maximum atomic E-state index is 11.0. The van der Waals surface area contributed by atoms with Crippen LogP contribution < -0.4 is 0 Å². The zero-order valence-corrected chi connectivity index (χ0v) is 8.21. The van der Waals surface area contributed by atoms with Crippen LogP contribution in [0.2, 0.25) is 0 Å². The summed E-state index contributed by atoms with van der Waals surface area (Å²) < 4.78 is 1.99. The molecule has 0 aliphatic heterocycles. The van der Waals surface area contributed by atoms with Crippen LogP contribution in [0, 0.1) is 0 Å². The van der Waals surface area contributed by atoms with Gasteiger partial charge in [-0.15, -0.1) is 0 Å². The van der Waals surface area contributed by atoms with Crippen LogP contribution in [0.1, 0.15) is 30.6 Å². The quantitative estimate of drug-likeness (QED) is 0.512. The third-order valence-electron chi connectivity index (χ3n) is 2.06. The van der Waals surface area contributed by atoms with Gasteiger partial charge >= 0.3 is 0 Å². The highest BCUT2D eigenvalue weighted by Crippen LogP contribution is 2.06. The molecule has 0 spiro atoms. The molecule has 0 fully saturated rings. The Kier molecular flexibility index (Phi) is 3.07. The van der Waals surface area contributed by atoms with Crippen LogP contribution in [0.15, 0.2) is 30.6 Å². The number of nitrogens with zero attached hydrogens (tertiary/aromatic N) is 1. The second-order valence-electron chi connectivity index (χ2n) is 3.23. The Balaban J connectivity index is 2.69. The van der Waals surface area contributed by atoms with E-state index in [4.69, 9.17) is 0 Å². The number of allylic oxidation sites excluding steroid dienone is 1. The molecule has 1 aromatic heterocycles. The first kappa shape index (κ1) is 9.78. The van der Waals surface area contributed by atoms with Crippen LogP contribution in [-0.2, 0) is 6.54 Å². The lowest BCUT2D eigenvalue weighted by Crippen LogP contribution is -1.97. The van der Waals surface area contributed by atoms with Crippen molar-refractivity contribution in [1.29, 1.82) is 0 Å². The molecule has 0 amide bonds. The minimum Gasteiger partial charge on any atom is -0.349 e. The van der Waals surface area contributed by atoms with Gasteiger partial charge in [-0.3, -0.25) is 4.79 Å². The van der Waals surface area contributed by atoms with Gasteiger partial charge in [0, 0.05) is 24.5 Å². The Morgan fingerprint density at radius 3 is 2.77 bits per heavy atom. The molecule has 2 heteroatoms. The largest absolute Gasteiger partial charge is 0.349 e. The number of aromatic nitrogens is 1. The van der Waals surface area contributed by atoms with E-state index in [1.165, 1.54) is 5.57 Å². The monoisotopic (exact) mass is 177 g/mol. The molecule has 2 nitrogen and oxygen atoms in total. The van der Waals surface area contributed by atoms with Crippen molar-refractivity contribution >= 4 is 5.78 Å². The standard InChI is InChI=1S/C11H15NO/c1-4-9(2)7-12-6-5-11(8-12)10(3)13/h5-6,8H,2,4,7H2,1,3H3.